The van der Waals surface area contributed by atoms with Crippen molar-refractivity contribution in [2.45, 2.75) is 12.8 Å². The Morgan fingerprint density at radius 3 is 2.53 bits per heavy atom. The summed E-state index contributed by atoms with van der Waals surface area (Å²) in [5.74, 6) is -1.42. The average molecular weight is 252 g/mol. The molecule has 17 heavy (non-hydrogen) atoms. The minimum atomic E-state index is -0.852. The van der Waals surface area contributed by atoms with Crippen LogP contribution in [0.3, 0.4) is 0 Å². The van der Waals surface area contributed by atoms with Crippen molar-refractivity contribution < 1.29 is 9.90 Å². The zero-order chi connectivity index (χ0) is 13.0. The molecule has 0 bridgehead atoms. The average Bonchev–Trinajstić information content (AvgIpc) is 2.28. The molecule has 0 saturated heterocycles. The largest absolute Gasteiger partial charge is 0.481 e. The van der Waals surface area contributed by atoms with Gasteiger partial charge in [-0.1, -0.05) is 18.2 Å². The number of hydrogen-bond donors (Lipinski definition) is 2. The summed E-state index contributed by atoms with van der Waals surface area (Å²) in [4.78, 5) is 12.8. The van der Waals surface area contributed by atoms with Crippen molar-refractivity contribution >= 4 is 29.0 Å². The molecule has 2 N–H and O–H groups in total. The number of nitrogens with one attached hydrogen (secondary N) is 1. The fourth-order valence-corrected chi connectivity index (χ4v) is 1.46. The highest BCUT2D eigenvalue weighted by Crippen LogP contribution is 2.24. The maximum absolute atomic E-state index is 11.0. The molecular weight excluding hydrogens is 236 g/mol. The van der Waals surface area contributed by atoms with E-state index in [0.29, 0.717) is 5.11 Å². The van der Waals surface area contributed by atoms with Gasteiger partial charge in [-0.3, -0.25) is 4.79 Å². The van der Waals surface area contributed by atoms with Crippen LogP contribution in [0.25, 0.3) is 0 Å². The summed E-state index contributed by atoms with van der Waals surface area (Å²) >= 11 is 5.14. The van der Waals surface area contributed by atoms with E-state index in [1.807, 2.05) is 32.3 Å². The topological polar surface area (TPSA) is 52.6 Å². The van der Waals surface area contributed by atoms with Gasteiger partial charge in [0.25, 0.3) is 0 Å². The van der Waals surface area contributed by atoms with Crippen LogP contribution >= 0.6 is 12.2 Å². The summed E-state index contributed by atoms with van der Waals surface area (Å²) in [6, 6.07) is 7.28. The van der Waals surface area contributed by atoms with E-state index >= 15 is 0 Å². The molecule has 1 atom stereocenters. The van der Waals surface area contributed by atoms with Gasteiger partial charge in [0, 0.05) is 19.8 Å². The fraction of sp³-hybridized carbons (Fsp3) is 0.333. The number of rotatable bonds is 3. The van der Waals surface area contributed by atoms with Crippen molar-refractivity contribution in [1.29, 1.82) is 0 Å². The molecule has 0 aliphatic carbocycles. The third kappa shape index (κ3) is 3.42. The first-order valence-electron chi connectivity index (χ1n) is 5.23. The summed E-state index contributed by atoms with van der Waals surface area (Å²) < 4.78 is 0. The van der Waals surface area contributed by atoms with Crippen molar-refractivity contribution in [3.05, 3.63) is 29.8 Å². The van der Waals surface area contributed by atoms with Crippen LogP contribution in [0.2, 0.25) is 0 Å². The predicted molar refractivity (Wildman–Crippen MR) is 72.4 cm³/mol. The normalized spacial score (nSPS) is 11.7. The first-order valence-corrected chi connectivity index (χ1v) is 5.64. The Labute approximate surface area is 106 Å². The smallest absolute Gasteiger partial charge is 0.310 e. The molecule has 1 aromatic carbocycles. The Hall–Kier alpha value is -1.62. The highest BCUT2D eigenvalue weighted by molar-refractivity contribution is 7.80. The molecular formula is C12H16N2O2S. The van der Waals surface area contributed by atoms with Crippen molar-refractivity contribution in [2.24, 2.45) is 0 Å². The van der Waals surface area contributed by atoms with Crippen LogP contribution in [-0.4, -0.2) is 35.2 Å². The number of carboxylic acid groups (broad SMARTS) is 1. The third-order valence-electron chi connectivity index (χ3n) is 2.45. The number of benzene rings is 1. The van der Waals surface area contributed by atoms with Gasteiger partial charge in [0.15, 0.2) is 5.11 Å². The van der Waals surface area contributed by atoms with E-state index in [4.69, 9.17) is 17.3 Å². The number of nitrogens with zero attached hydrogens (tertiary/aromatic N) is 1. The maximum Gasteiger partial charge on any atom is 0.310 e. The number of thiocarbonyl (C=S) groups is 1. The second-order valence-electron chi connectivity index (χ2n) is 3.97. The van der Waals surface area contributed by atoms with Crippen LogP contribution in [0, 0.1) is 0 Å². The van der Waals surface area contributed by atoms with Gasteiger partial charge < -0.3 is 15.3 Å². The lowest BCUT2D eigenvalue weighted by Crippen LogP contribution is -2.27. The number of para-hydroxylation sites is 1. The Morgan fingerprint density at radius 2 is 2.00 bits per heavy atom. The van der Waals surface area contributed by atoms with E-state index in [9.17, 15) is 4.79 Å². The van der Waals surface area contributed by atoms with E-state index in [1.165, 1.54) is 0 Å². The van der Waals surface area contributed by atoms with Crippen molar-refractivity contribution in [1.82, 2.24) is 4.90 Å². The molecule has 0 amide bonds. The monoisotopic (exact) mass is 252 g/mol. The second kappa shape index (κ2) is 5.63. The van der Waals surface area contributed by atoms with E-state index in [-0.39, 0.29) is 0 Å². The summed E-state index contributed by atoms with van der Waals surface area (Å²) in [5.41, 5.74) is 1.46. The van der Waals surface area contributed by atoms with Gasteiger partial charge >= 0.3 is 5.97 Å². The third-order valence-corrected chi connectivity index (χ3v) is 2.91. The summed E-state index contributed by atoms with van der Waals surface area (Å²) in [5, 5.41) is 12.6. The van der Waals surface area contributed by atoms with E-state index < -0.39 is 11.9 Å². The molecule has 0 radical (unpaired) electrons. The number of hydrogen-bond acceptors (Lipinski definition) is 2. The molecule has 0 aliphatic rings. The van der Waals surface area contributed by atoms with Crippen LogP contribution in [0.5, 0.6) is 0 Å². The van der Waals surface area contributed by atoms with Crippen LogP contribution in [0.15, 0.2) is 24.3 Å². The Morgan fingerprint density at radius 1 is 1.41 bits per heavy atom. The van der Waals surface area contributed by atoms with Crippen molar-refractivity contribution in [3.8, 4) is 0 Å². The van der Waals surface area contributed by atoms with Gasteiger partial charge in [0.2, 0.25) is 0 Å². The first kappa shape index (κ1) is 13.4. The van der Waals surface area contributed by atoms with Crippen LogP contribution in [-0.2, 0) is 4.79 Å². The fourth-order valence-electron chi connectivity index (χ4n) is 1.35. The highest BCUT2D eigenvalue weighted by Gasteiger charge is 2.17. The molecule has 0 spiro atoms. The maximum atomic E-state index is 11.0. The molecule has 0 heterocycles. The van der Waals surface area contributed by atoms with Gasteiger partial charge in [-0.15, -0.1) is 0 Å². The molecule has 1 unspecified atom stereocenters. The second-order valence-corrected chi connectivity index (χ2v) is 4.36. The molecule has 4 nitrogen and oxygen atoms in total. The van der Waals surface area contributed by atoms with Crippen LogP contribution in [0.1, 0.15) is 18.4 Å². The Balaban J connectivity index is 3.00. The molecule has 0 aromatic heterocycles. The zero-order valence-corrected chi connectivity index (χ0v) is 10.9. The molecule has 1 aromatic rings. The molecule has 0 saturated carbocycles. The van der Waals surface area contributed by atoms with Gasteiger partial charge in [-0.05, 0) is 30.8 Å². The minimum Gasteiger partial charge on any atom is -0.481 e. The van der Waals surface area contributed by atoms with Crippen molar-refractivity contribution in [3.63, 3.8) is 0 Å². The van der Waals surface area contributed by atoms with E-state index in [2.05, 4.69) is 5.32 Å². The lowest BCUT2D eigenvalue weighted by atomic mass is 9.99. The Bertz CT molecular complexity index is 432. The molecule has 1 rings (SSSR count). The van der Waals surface area contributed by atoms with Crippen LogP contribution < -0.4 is 5.32 Å². The van der Waals surface area contributed by atoms with Gasteiger partial charge in [0.05, 0.1) is 5.92 Å². The molecule has 5 heteroatoms. The highest BCUT2D eigenvalue weighted by atomic mass is 32.1. The lowest BCUT2D eigenvalue weighted by Gasteiger charge is -2.19. The Kier molecular flexibility index (Phi) is 4.45. The number of aliphatic carboxylic acids is 1. The van der Waals surface area contributed by atoms with Gasteiger partial charge in [-0.25, -0.2) is 0 Å². The molecule has 92 valence electrons. The number of carboxylic acids is 1. The van der Waals surface area contributed by atoms with E-state index in [1.54, 1.807) is 17.9 Å². The van der Waals surface area contributed by atoms with Crippen molar-refractivity contribution in [2.75, 3.05) is 19.4 Å². The van der Waals surface area contributed by atoms with Crippen LogP contribution in [0.4, 0.5) is 5.69 Å². The van der Waals surface area contributed by atoms with E-state index in [0.717, 1.165) is 11.3 Å². The summed E-state index contributed by atoms with van der Waals surface area (Å²) in [6.07, 6.45) is 0. The lowest BCUT2D eigenvalue weighted by molar-refractivity contribution is -0.138. The first-order chi connectivity index (χ1) is 7.93. The summed E-state index contributed by atoms with van der Waals surface area (Å²) in [6.45, 7) is 1.65. The zero-order valence-electron chi connectivity index (χ0n) is 10.1. The minimum absolute atomic E-state index is 0.551. The quantitative estimate of drug-likeness (QED) is 0.807. The number of carbonyl (C=O) groups is 1. The SMILES string of the molecule is CC(C(=O)O)c1ccccc1NC(=S)N(C)C. The summed E-state index contributed by atoms with van der Waals surface area (Å²) in [7, 11) is 3.66. The standard InChI is InChI=1S/C12H16N2O2S/c1-8(11(15)16)9-6-4-5-7-10(9)13-12(17)14(2)3/h4-8H,1-3H3,(H,13,17)(H,15,16). The number of anilines is 1. The molecule has 0 fully saturated rings. The molecule has 0 aliphatic heterocycles. The van der Waals surface area contributed by atoms with Gasteiger partial charge in [0.1, 0.15) is 0 Å². The predicted octanol–water partition coefficient (Wildman–Crippen LogP) is 2.13. The van der Waals surface area contributed by atoms with Gasteiger partial charge in [-0.2, -0.15) is 0 Å².